The normalized spacial score (nSPS) is 22.9. The first-order valence-electron chi connectivity index (χ1n) is 10.0. The van der Waals surface area contributed by atoms with E-state index in [2.05, 4.69) is 5.32 Å². The fourth-order valence-corrected chi connectivity index (χ4v) is 4.45. The molecule has 1 N–H and O–H groups in total. The number of rotatable bonds is 6. The van der Waals surface area contributed by atoms with E-state index in [1.54, 1.807) is 0 Å². The van der Waals surface area contributed by atoms with Crippen LogP contribution in [0.4, 0.5) is 0 Å². The van der Waals surface area contributed by atoms with Gasteiger partial charge >= 0.3 is 0 Å². The van der Waals surface area contributed by atoms with Crippen molar-refractivity contribution in [2.24, 2.45) is 5.92 Å². The van der Waals surface area contributed by atoms with E-state index in [4.69, 9.17) is 4.74 Å². The van der Waals surface area contributed by atoms with Gasteiger partial charge in [0.2, 0.25) is 5.91 Å². The number of ether oxygens (including phenoxy) is 1. The number of benzene rings is 2. The summed E-state index contributed by atoms with van der Waals surface area (Å²) >= 11 is 0. The van der Waals surface area contributed by atoms with Gasteiger partial charge in [0.05, 0.1) is 19.1 Å². The number of nitrogens with zero attached hydrogens (tertiary/aromatic N) is 1. The number of carbonyl (C=O) groups excluding carboxylic acids is 2. The number of carbonyl (C=O) groups is 2. The van der Waals surface area contributed by atoms with Crippen molar-refractivity contribution in [1.29, 1.82) is 0 Å². The van der Waals surface area contributed by atoms with E-state index in [-0.39, 0.29) is 23.9 Å². The molecule has 146 valence electrons. The number of likely N-dealkylation sites (tertiary alicyclic amines) is 1. The van der Waals surface area contributed by atoms with Gasteiger partial charge in [0.1, 0.15) is 5.75 Å². The lowest BCUT2D eigenvalue weighted by atomic mass is 10.0. The lowest BCUT2D eigenvalue weighted by Crippen LogP contribution is -2.52. The Hall–Kier alpha value is -2.82. The molecule has 2 bridgehead atoms. The Morgan fingerprint density at radius 3 is 2.50 bits per heavy atom. The van der Waals surface area contributed by atoms with Crippen LogP contribution in [0, 0.1) is 5.92 Å². The Kier molecular flexibility index (Phi) is 5.33. The SMILES string of the molecule is CCOc1ccc(CC(=O)N2C[C@@H]3C[C@H](NC(=O)c4ccccc4)[C@H]2C3)cc1. The first-order chi connectivity index (χ1) is 13.6. The van der Waals surface area contributed by atoms with Crippen LogP contribution >= 0.6 is 0 Å². The molecule has 0 radical (unpaired) electrons. The highest BCUT2D eigenvalue weighted by molar-refractivity contribution is 5.94. The van der Waals surface area contributed by atoms with E-state index in [1.165, 1.54) is 0 Å². The molecule has 1 aliphatic carbocycles. The maximum absolute atomic E-state index is 12.9. The Morgan fingerprint density at radius 1 is 1.07 bits per heavy atom. The van der Waals surface area contributed by atoms with Crippen LogP contribution in [0.2, 0.25) is 0 Å². The largest absolute Gasteiger partial charge is 0.494 e. The summed E-state index contributed by atoms with van der Waals surface area (Å²) in [6.07, 6.45) is 2.32. The van der Waals surface area contributed by atoms with Crippen molar-refractivity contribution in [2.45, 2.75) is 38.3 Å². The van der Waals surface area contributed by atoms with Gasteiger partial charge in [0.15, 0.2) is 0 Å². The number of fused-ring (bicyclic) bond motifs is 2. The molecule has 1 saturated carbocycles. The van der Waals surface area contributed by atoms with Crippen LogP contribution in [0.25, 0.3) is 0 Å². The van der Waals surface area contributed by atoms with Crippen LogP contribution < -0.4 is 10.1 Å². The zero-order chi connectivity index (χ0) is 19.5. The van der Waals surface area contributed by atoms with Crippen LogP contribution in [-0.2, 0) is 11.2 Å². The van der Waals surface area contributed by atoms with Crippen molar-refractivity contribution < 1.29 is 14.3 Å². The number of nitrogens with one attached hydrogen (secondary N) is 1. The topological polar surface area (TPSA) is 58.6 Å². The van der Waals surface area contributed by atoms with Crippen molar-refractivity contribution >= 4 is 11.8 Å². The van der Waals surface area contributed by atoms with Crippen molar-refractivity contribution in [3.8, 4) is 5.75 Å². The maximum Gasteiger partial charge on any atom is 0.251 e. The summed E-state index contributed by atoms with van der Waals surface area (Å²) in [5, 5.41) is 3.15. The van der Waals surface area contributed by atoms with Crippen LogP contribution in [0.3, 0.4) is 0 Å². The lowest BCUT2D eigenvalue weighted by molar-refractivity contribution is -0.132. The summed E-state index contributed by atoms with van der Waals surface area (Å²) in [5.74, 6) is 1.38. The minimum absolute atomic E-state index is 0.0377. The highest BCUT2D eigenvalue weighted by atomic mass is 16.5. The van der Waals surface area contributed by atoms with Gasteiger partial charge in [-0.1, -0.05) is 30.3 Å². The van der Waals surface area contributed by atoms with Gasteiger partial charge in [-0.2, -0.15) is 0 Å². The fourth-order valence-electron chi connectivity index (χ4n) is 4.45. The van der Waals surface area contributed by atoms with Gasteiger partial charge in [-0.25, -0.2) is 0 Å². The second kappa shape index (κ2) is 8.05. The highest BCUT2D eigenvalue weighted by Crippen LogP contribution is 2.38. The average Bonchev–Trinajstić information content (AvgIpc) is 3.31. The van der Waals surface area contributed by atoms with Crippen LogP contribution in [-0.4, -0.2) is 41.9 Å². The smallest absolute Gasteiger partial charge is 0.251 e. The molecule has 0 unspecified atom stereocenters. The molecular weight excluding hydrogens is 352 g/mol. The van der Waals surface area contributed by atoms with Crippen LogP contribution in [0.15, 0.2) is 54.6 Å². The van der Waals surface area contributed by atoms with Gasteiger partial charge < -0.3 is 15.0 Å². The number of amides is 2. The molecule has 2 fully saturated rings. The first kappa shape index (κ1) is 18.5. The van der Waals surface area contributed by atoms with Gasteiger partial charge in [-0.3, -0.25) is 9.59 Å². The van der Waals surface area contributed by atoms with Gasteiger partial charge in [0, 0.05) is 18.2 Å². The fraction of sp³-hybridized carbons (Fsp3) is 0.391. The van der Waals surface area contributed by atoms with Crippen LogP contribution in [0.1, 0.15) is 35.7 Å². The van der Waals surface area contributed by atoms with Gasteiger partial charge in [-0.05, 0) is 55.5 Å². The average molecular weight is 378 g/mol. The number of hydrogen-bond acceptors (Lipinski definition) is 3. The van der Waals surface area contributed by atoms with Crippen molar-refractivity contribution in [3.05, 3.63) is 65.7 Å². The third kappa shape index (κ3) is 3.88. The van der Waals surface area contributed by atoms with Gasteiger partial charge in [-0.15, -0.1) is 0 Å². The lowest BCUT2D eigenvalue weighted by Gasteiger charge is -2.34. The third-order valence-corrected chi connectivity index (χ3v) is 5.74. The molecule has 2 aromatic carbocycles. The molecule has 0 aromatic heterocycles. The minimum atomic E-state index is -0.0583. The molecule has 28 heavy (non-hydrogen) atoms. The maximum atomic E-state index is 12.9. The van der Waals surface area contributed by atoms with Crippen molar-refractivity contribution in [1.82, 2.24) is 10.2 Å². The second-order valence-corrected chi connectivity index (χ2v) is 7.65. The summed E-state index contributed by atoms with van der Waals surface area (Å²) in [7, 11) is 0. The highest BCUT2D eigenvalue weighted by Gasteiger charge is 2.47. The Labute approximate surface area is 165 Å². The third-order valence-electron chi connectivity index (χ3n) is 5.74. The monoisotopic (exact) mass is 378 g/mol. The molecule has 5 nitrogen and oxygen atoms in total. The summed E-state index contributed by atoms with van der Waals surface area (Å²) < 4.78 is 5.46. The Bertz CT molecular complexity index is 835. The molecule has 3 atom stereocenters. The molecular formula is C23H26N2O3. The molecule has 5 heteroatoms. The Morgan fingerprint density at radius 2 is 1.82 bits per heavy atom. The number of piperidine rings is 1. The number of hydrogen-bond donors (Lipinski definition) is 1. The first-order valence-corrected chi connectivity index (χ1v) is 10.0. The molecule has 1 saturated heterocycles. The summed E-state index contributed by atoms with van der Waals surface area (Å²) in [5.41, 5.74) is 1.65. The van der Waals surface area contributed by atoms with Crippen molar-refractivity contribution in [3.63, 3.8) is 0 Å². The molecule has 2 amide bonds. The van der Waals surface area contributed by atoms with Gasteiger partial charge in [0.25, 0.3) is 5.91 Å². The zero-order valence-corrected chi connectivity index (χ0v) is 16.1. The summed E-state index contributed by atoms with van der Waals surface area (Å²) in [6, 6.07) is 17.1. The van der Waals surface area contributed by atoms with E-state index in [9.17, 15) is 9.59 Å². The van der Waals surface area contributed by atoms with E-state index in [0.29, 0.717) is 24.5 Å². The van der Waals surface area contributed by atoms with E-state index in [1.807, 2.05) is 66.4 Å². The molecule has 0 spiro atoms. The van der Waals surface area contributed by atoms with E-state index >= 15 is 0 Å². The van der Waals surface area contributed by atoms with E-state index < -0.39 is 0 Å². The second-order valence-electron chi connectivity index (χ2n) is 7.65. The quantitative estimate of drug-likeness (QED) is 0.841. The minimum Gasteiger partial charge on any atom is -0.494 e. The molecule has 1 heterocycles. The predicted molar refractivity (Wildman–Crippen MR) is 107 cm³/mol. The molecule has 1 aliphatic heterocycles. The predicted octanol–water partition coefficient (Wildman–Crippen LogP) is 3.05. The molecule has 4 rings (SSSR count). The van der Waals surface area contributed by atoms with Crippen LogP contribution in [0.5, 0.6) is 5.75 Å². The summed E-state index contributed by atoms with van der Waals surface area (Å²) in [6.45, 7) is 3.39. The van der Waals surface area contributed by atoms with E-state index in [0.717, 1.165) is 30.7 Å². The molecule has 2 aromatic rings. The standard InChI is InChI=1S/C23H26N2O3/c1-2-28-19-10-8-16(9-11-19)14-22(26)25-15-17-12-20(21(25)13-17)24-23(27)18-6-4-3-5-7-18/h3-11,17,20-21H,2,12-15H2,1H3,(H,24,27)/t17-,20+,21-/m1/s1. The zero-order valence-electron chi connectivity index (χ0n) is 16.1. The van der Waals surface area contributed by atoms with Crippen molar-refractivity contribution in [2.75, 3.05) is 13.2 Å². The summed E-state index contributed by atoms with van der Waals surface area (Å²) in [4.78, 5) is 27.4. The Balaban J connectivity index is 1.37. The molecule has 2 aliphatic rings.